The van der Waals surface area contributed by atoms with Crippen LogP contribution in [0.1, 0.15) is 17.4 Å². The highest BCUT2D eigenvalue weighted by molar-refractivity contribution is 7.94. The maximum atomic E-state index is 12.5. The van der Waals surface area contributed by atoms with Gasteiger partial charge in [-0.05, 0) is 30.5 Å². The summed E-state index contributed by atoms with van der Waals surface area (Å²) >= 11 is 1.12. The van der Waals surface area contributed by atoms with Gasteiger partial charge in [0.05, 0.1) is 24.9 Å². The van der Waals surface area contributed by atoms with Crippen LogP contribution in [0, 0.1) is 0 Å². The highest BCUT2D eigenvalue weighted by Gasteiger charge is 2.20. The summed E-state index contributed by atoms with van der Waals surface area (Å²) < 4.78 is 37.9. The molecule has 0 atom stereocenters. The van der Waals surface area contributed by atoms with E-state index in [1.807, 2.05) is 0 Å². The van der Waals surface area contributed by atoms with E-state index in [-0.39, 0.29) is 16.5 Å². The van der Waals surface area contributed by atoms with Gasteiger partial charge in [0.25, 0.3) is 10.0 Å². The van der Waals surface area contributed by atoms with Crippen LogP contribution >= 0.6 is 11.3 Å². The van der Waals surface area contributed by atoms with Gasteiger partial charge in [-0.3, -0.25) is 4.72 Å². The molecule has 2 N–H and O–H groups in total. The summed E-state index contributed by atoms with van der Waals surface area (Å²) in [6, 6.07) is 8.03. The van der Waals surface area contributed by atoms with Gasteiger partial charge in [0.2, 0.25) is 0 Å². The Labute approximate surface area is 148 Å². The molecule has 132 valence electrons. The SMILES string of the molecule is CCOC(=O)c1cc2cc(OC)cc(NS(=O)(=O)c3cccs3)c2[nH]1. The lowest BCUT2D eigenvalue weighted by Crippen LogP contribution is -2.12. The summed E-state index contributed by atoms with van der Waals surface area (Å²) in [7, 11) is -2.25. The Kier molecular flexibility index (Phi) is 4.69. The zero-order chi connectivity index (χ0) is 18.0. The molecule has 0 saturated carbocycles. The molecule has 0 aliphatic rings. The van der Waals surface area contributed by atoms with Crippen molar-refractivity contribution in [1.82, 2.24) is 4.98 Å². The van der Waals surface area contributed by atoms with Gasteiger partial charge in [0.1, 0.15) is 15.7 Å². The van der Waals surface area contributed by atoms with Gasteiger partial charge >= 0.3 is 5.97 Å². The standard InChI is InChI=1S/C16H16N2O5S2/c1-3-23-16(19)13-8-10-7-11(22-2)9-12(15(10)17-13)18-25(20,21)14-5-4-6-24-14/h4-9,17-18H,3H2,1-2H3. The van der Waals surface area contributed by atoms with Crippen molar-refractivity contribution in [3.63, 3.8) is 0 Å². The molecule has 3 rings (SSSR count). The number of methoxy groups -OCH3 is 1. The summed E-state index contributed by atoms with van der Waals surface area (Å²) in [5.74, 6) is -0.0458. The minimum Gasteiger partial charge on any atom is -0.497 e. The Morgan fingerprint density at radius 1 is 1.32 bits per heavy atom. The summed E-state index contributed by atoms with van der Waals surface area (Å²) in [6.07, 6.45) is 0. The third-order valence-electron chi connectivity index (χ3n) is 3.44. The average Bonchev–Trinajstić information content (AvgIpc) is 3.24. The lowest BCUT2D eigenvalue weighted by Gasteiger charge is -2.09. The quantitative estimate of drug-likeness (QED) is 0.640. The topological polar surface area (TPSA) is 97.5 Å². The largest absolute Gasteiger partial charge is 0.497 e. The van der Waals surface area contributed by atoms with E-state index in [4.69, 9.17) is 9.47 Å². The van der Waals surface area contributed by atoms with Gasteiger partial charge in [-0.25, -0.2) is 13.2 Å². The highest BCUT2D eigenvalue weighted by Crippen LogP contribution is 2.32. The minimum absolute atomic E-state index is 0.195. The first-order valence-electron chi connectivity index (χ1n) is 7.39. The molecule has 0 radical (unpaired) electrons. The monoisotopic (exact) mass is 380 g/mol. The Morgan fingerprint density at radius 3 is 2.76 bits per heavy atom. The first-order valence-corrected chi connectivity index (χ1v) is 9.75. The average molecular weight is 380 g/mol. The number of ether oxygens (including phenoxy) is 2. The number of fused-ring (bicyclic) bond motifs is 1. The fourth-order valence-electron chi connectivity index (χ4n) is 2.35. The van der Waals surface area contributed by atoms with E-state index >= 15 is 0 Å². The van der Waals surface area contributed by atoms with Crippen molar-refractivity contribution in [3.8, 4) is 5.75 Å². The van der Waals surface area contributed by atoms with Crippen molar-refractivity contribution in [2.45, 2.75) is 11.1 Å². The van der Waals surface area contributed by atoms with Gasteiger partial charge in [-0.2, -0.15) is 0 Å². The van der Waals surface area contributed by atoms with E-state index in [9.17, 15) is 13.2 Å². The fourth-order valence-corrected chi connectivity index (χ4v) is 4.40. The second kappa shape index (κ2) is 6.77. The minimum atomic E-state index is -3.73. The maximum absolute atomic E-state index is 12.5. The van der Waals surface area contributed by atoms with Crippen LogP contribution in [0.3, 0.4) is 0 Å². The fraction of sp³-hybridized carbons (Fsp3) is 0.188. The van der Waals surface area contributed by atoms with Crippen LogP contribution in [0.15, 0.2) is 39.9 Å². The number of sulfonamides is 1. The molecule has 0 aliphatic carbocycles. The number of carbonyl (C=O) groups is 1. The van der Waals surface area contributed by atoms with Crippen molar-refractivity contribution in [3.05, 3.63) is 41.4 Å². The number of carbonyl (C=O) groups excluding carboxylic acids is 1. The van der Waals surface area contributed by atoms with Crippen LogP contribution in [-0.4, -0.2) is 33.1 Å². The van der Waals surface area contributed by atoms with E-state index < -0.39 is 16.0 Å². The Balaban J connectivity index is 2.08. The smallest absolute Gasteiger partial charge is 0.354 e. The van der Waals surface area contributed by atoms with Crippen LogP contribution in [0.4, 0.5) is 5.69 Å². The summed E-state index contributed by atoms with van der Waals surface area (Å²) in [6.45, 7) is 1.96. The van der Waals surface area contributed by atoms with Crippen LogP contribution < -0.4 is 9.46 Å². The molecule has 3 aromatic rings. The number of aromatic amines is 1. The van der Waals surface area contributed by atoms with Gasteiger partial charge < -0.3 is 14.5 Å². The summed E-state index contributed by atoms with van der Waals surface area (Å²) in [5, 5.41) is 2.31. The number of esters is 1. The Bertz CT molecular complexity index is 1010. The molecule has 0 spiro atoms. The number of hydrogen-bond donors (Lipinski definition) is 2. The molecule has 7 nitrogen and oxygen atoms in total. The molecule has 2 heterocycles. The predicted molar refractivity (Wildman–Crippen MR) is 95.9 cm³/mol. The molecule has 0 bridgehead atoms. The van der Waals surface area contributed by atoms with Gasteiger partial charge in [-0.15, -0.1) is 11.3 Å². The molecule has 0 unspecified atom stereocenters. The Hall–Kier alpha value is -2.52. The highest BCUT2D eigenvalue weighted by atomic mass is 32.2. The van der Waals surface area contributed by atoms with E-state index in [1.165, 1.54) is 13.2 Å². The molecule has 9 heteroatoms. The number of nitrogens with one attached hydrogen (secondary N) is 2. The third kappa shape index (κ3) is 3.47. The van der Waals surface area contributed by atoms with Crippen LogP contribution in [0.25, 0.3) is 10.9 Å². The van der Waals surface area contributed by atoms with Gasteiger partial charge in [-0.1, -0.05) is 6.07 Å². The number of H-pyrrole nitrogens is 1. The summed E-state index contributed by atoms with van der Waals surface area (Å²) in [4.78, 5) is 14.8. The molecule has 2 aromatic heterocycles. The van der Waals surface area contributed by atoms with Crippen molar-refractivity contribution in [2.24, 2.45) is 0 Å². The van der Waals surface area contributed by atoms with Crippen molar-refractivity contribution in [1.29, 1.82) is 0 Å². The second-order valence-corrected chi connectivity index (χ2v) is 7.94. The zero-order valence-corrected chi connectivity index (χ0v) is 15.2. The summed E-state index contributed by atoms with van der Waals surface area (Å²) in [5.41, 5.74) is 1.00. The molecular formula is C16H16N2O5S2. The van der Waals surface area contributed by atoms with Crippen molar-refractivity contribution in [2.75, 3.05) is 18.4 Å². The molecule has 25 heavy (non-hydrogen) atoms. The van der Waals surface area contributed by atoms with Crippen LogP contribution in [0.2, 0.25) is 0 Å². The van der Waals surface area contributed by atoms with E-state index in [1.54, 1.807) is 36.6 Å². The van der Waals surface area contributed by atoms with Gasteiger partial charge in [0, 0.05) is 11.5 Å². The van der Waals surface area contributed by atoms with Gasteiger partial charge in [0.15, 0.2) is 0 Å². The second-order valence-electron chi connectivity index (χ2n) is 5.08. The number of benzene rings is 1. The van der Waals surface area contributed by atoms with E-state index in [0.717, 1.165) is 11.3 Å². The number of anilines is 1. The van der Waals surface area contributed by atoms with Crippen molar-refractivity contribution < 1.29 is 22.7 Å². The molecule has 1 aromatic carbocycles. The van der Waals surface area contributed by atoms with Crippen molar-refractivity contribution >= 4 is 43.9 Å². The molecule has 0 aliphatic heterocycles. The molecule has 0 saturated heterocycles. The lowest BCUT2D eigenvalue weighted by atomic mass is 10.2. The van der Waals surface area contributed by atoms with E-state index in [2.05, 4.69) is 9.71 Å². The van der Waals surface area contributed by atoms with E-state index in [0.29, 0.717) is 22.3 Å². The first-order chi connectivity index (χ1) is 11.9. The maximum Gasteiger partial charge on any atom is 0.354 e. The number of rotatable bonds is 6. The lowest BCUT2D eigenvalue weighted by molar-refractivity contribution is 0.0520. The number of hydrogen-bond acceptors (Lipinski definition) is 6. The Morgan fingerprint density at radius 2 is 2.12 bits per heavy atom. The van der Waals surface area contributed by atoms with Crippen LogP contribution in [-0.2, 0) is 14.8 Å². The third-order valence-corrected chi connectivity index (χ3v) is 6.20. The number of thiophene rings is 1. The normalized spacial score (nSPS) is 11.4. The zero-order valence-electron chi connectivity index (χ0n) is 13.5. The van der Waals surface area contributed by atoms with Crippen LogP contribution in [0.5, 0.6) is 5.75 Å². The number of aromatic nitrogens is 1. The molecule has 0 amide bonds. The first kappa shape index (κ1) is 17.3. The predicted octanol–water partition coefficient (Wildman–Crippen LogP) is 3.22. The molecule has 0 fully saturated rings. The molecular weight excluding hydrogens is 364 g/mol.